The maximum absolute atomic E-state index is 13.6. The molecule has 1 unspecified atom stereocenters. The Labute approximate surface area is 179 Å². The average molecular weight is 422 g/mol. The van der Waals surface area contributed by atoms with Gasteiger partial charge in [0.05, 0.1) is 24.8 Å². The number of benzene rings is 2. The predicted molar refractivity (Wildman–Crippen MR) is 113 cm³/mol. The zero-order valence-corrected chi connectivity index (χ0v) is 17.6. The summed E-state index contributed by atoms with van der Waals surface area (Å²) in [5.41, 5.74) is 3.90. The Morgan fingerprint density at radius 2 is 1.97 bits per heavy atom. The summed E-state index contributed by atoms with van der Waals surface area (Å²) in [4.78, 5) is 18.9. The Hall–Kier alpha value is -3.52. The molecule has 2 aromatic carbocycles. The molecule has 7 nitrogen and oxygen atoms in total. The van der Waals surface area contributed by atoms with Crippen LogP contribution in [-0.4, -0.2) is 41.3 Å². The molecule has 31 heavy (non-hydrogen) atoms. The number of rotatable bonds is 6. The molecule has 0 spiro atoms. The summed E-state index contributed by atoms with van der Waals surface area (Å²) < 4.78 is 24.4. The number of aromatic nitrogens is 2. The van der Waals surface area contributed by atoms with Gasteiger partial charge in [0, 0.05) is 18.4 Å². The zero-order chi connectivity index (χ0) is 22.0. The first-order valence-electron chi connectivity index (χ1n) is 9.92. The van der Waals surface area contributed by atoms with Crippen molar-refractivity contribution < 1.29 is 18.4 Å². The summed E-state index contributed by atoms with van der Waals surface area (Å²) in [5, 5.41) is 7.08. The lowest BCUT2D eigenvalue weighted by atomic mass is 9.94. The Balaban J connectivity index is 1.80. The molecule has 0 bridgehead atoms. The molecule has 1 aliphatic rings. The maximum atomic E-state index is 13.6. The SMILES string of the molecule is COCCN1C(=O)NC(c2ccc(C)cc2)C(c2nc(-c3cccc(F)c3)no2)=C1C. The Bertz CT molecular complexity index is 1120. The van der Waals surface area contributed by atoms with Crippen LogP contribution in [0.3, 0.4) is 0 Å². The molecule has 8 heteroatoms. The standard InChI is InChI=1S/C23H23FN4O3/c1-14-7-9-16(10-8-14)20-19(15(2)28(11-12-30-3)23(29)25-20)22-26-21(27-31-22)17-5-4-6-18(24)13-17/h4-10,13,20H,11-12H2,1-3H3,(H,25,29). The zero-order valence-electron chi connectivity index (χ0n) is 17.6. The van der Waals surface area contributed by atoms with E-state index in [2.05, 4.69) is 15.5 Å². The number of urea groups is 1. The minimum absolute atomic E-state index is 0.228. The number of aryl methyl sites for hydroxylation is 1. The monoisotopic (exact) mass is 422 g/mol. The van der Waals surface area contributed by atoms with E-state index in [9.17, 15) is 9.18 Å². The largest absolute Gasteiger partial charge is 0.383 e. The van der Waals surface area contributed by atoms with Crippen molar-refractivity contribution in [2.75, 3.05) is 20.3 Å². The summed E-state index contributed by atoms with van der Waals surface area (Å²) in [6, 6.07) is 13.2. The molecule has 2 heterocycles. The van der Waals surface area contributed by atoms with Crippen molar-refractivity contribution in [1.29, 1.82) is 0 Å². The lowest BCUT2D eigenvalue weighted by Crippen LogP contribution is -2.47. The third kappa shape index (κ3) is 4.20. The minimum atomic E-state index is -0.465. The van der Waals surface area contributed by atoms with E-state index in [-0.39, 0.29) is 23.6 Å². The number of ether oxygens (including phenoxy) is 1. The molecule has 1 aromatic heterocycles. The molecule has 1 atom stereocenters. The number of nitrogens with zero attached hydrogens (tertiary/aromatic N) is 3. The van der Waals surface area contributed by atoms with Gasteiger partial charge in [-0.25, -0.2) is 9.18 Å². The normalized spacial score (nSPS) is 16.6. The highest BCUT2D eigenvalue weighted by Crippen LogP contribution is 2.37. The number of hydrogen-bond acceptors (Lipinski definition) is 5. The highest BCUT2D eigenvalue weighted by molar-refractivity contribution is 5.86. The Morgan fingerprint density at radius 3 is 2.68 bits per heavy atom. The number of amides is 2. The first-order chi connectivity index (χ1) is 15.0. The van der Waals surface area contributed by atoms with Gasteiger partial charge in [-0.15, -0.1) is 0 Å². The van der Waals surface area contributed by atoms with E-state index in [1.54, 1.807) is 24.1 Å². The quantitative estimate of drug-likeness (QED) is 0.640. The number of allylic oxidation sites excluding steroid dienone is 1. The van der Waals surface area contributed by atoms with E-state index >= 15 is 0 Å². The predicted octanol–water partition coefficient (Wildman–Crippen LogP) is 4.33. The number of halogens is 1. The van der Waals surface area contributed by atoms with Crippen LogP contribution in [-0.2, 0) is 4.74 Å². The molecule has 2 amide bonds. The van der Waals surface area contributed by atoms with E-state index < -0.39 is 6.04 Å². The molecule has 160 valence electrons. The second-order valence-corrected chi connectivity index (χ2v) is 7.37. The molecule has 0 aliphatic carbocycles. The van der Waals surface area contributed by atoms with Crippen molar-refractivity contribution in [2.45, 2.75) is 19.9 Å². The van der Waals surface area contributed by atoms with Crippen molar-refractivity contribution in [3.8, 4) is 11.4 Å². The molecule has 1 N–H and O–H groups in total. The smallest absolute Gasteiger partial charge is 0.322 e. The van der Waals surface area contributed by atoms with Crippen molar-refractivity contribution >= 4 is 11.6 Å². The molecule has 0 fully saturated rings. The summed E-state index contributed by atoms with van der Waals surface area (Å²) in [6.45, 7) is 4.60. The number of hydrogen-bond donors (Lipinski definition) is 1. The van der Waals surface area contributed by atoms with Crippen LogP contribution in [0.1, 0.15) is 30.0 Å². The summed E-state index contributed by atoms with van der Waals surface area (Å²) in [7, 11) is 1.58. The third-order valence-corrected chi connectivity index (χ3v) is 5.27. The average Bonchev–Trinajstić information content (AvgIpc) is 3.23. The molecular formula is C23H23FN4O3. The molecule has 4 rings (SSSR count). The van der Waals surface area contributed by atoms with Crippen LogP contribution >= 0.6 is 0 Å². The van der Waals surface area contributed by atoms with Crippen molar-refractivity contribution in [3.63, 3.8) is 0 Å². The fourth-order valence-electron chi connectivity index (χ4n) is 3.60. The highest BCUT2D eigenvalue weighted by Gasteiger charge is 2.35. The van der Waals surface area contributed by atoms with Gasteiger partial charge in [0.2, 0.25) is 5.82 Å². The Kier molecular flexibility index (Phi) is 5.81. The molecule has 1 aliphatic heterocycles. The highest BCUT2D eigenvalue weighted by atomic mass is 19.1. The molecule has 0 radical (unpaired) electrons. The van der Waals surface area contributed by atoms with Crippen molar-refractivity contribution in [2.24, 2.45) is 0 Å². The maximum Gasteiger partial charge on any atom is 0.322 e. The van der Waals surface area contributed by atoms with Crippen molar-refractivity contribution in [1.82, 2.24) is 20.4 Å². The van der Waals surface area contributed by atoms with Gasteiger partial charge in [-0.05, 0) is 31.5 Å². The lowest BCUT2D eigenvalue weighted by molar-refractivity contribution is 0.158. The van der Waals surface area contributed by atoms with Gasteiger partial charge in [0.25, 0.3) is 5.89 Å². The van der Waals surface area contributed by atoms with Gasteiger partial charge in [-0.1, -0.05) is 47.1 Å². The number of carbonyl (C=O) groups excluding carboxylic acids is 1. The number of nitrogens with one attached hydrogen (secondary N) is 1. The van der Waals surface area contributed by atoms with Crippen LogP contribution in [0.25, 0.3) is 17.0 Å². The molecule has 0 saturated carbocycles. The van der Waals surface area contributed by atoms with E-state index in [4.69, 9.17) is 9.26 Å². The van der Waals surface area contributed by atoms with Gasteiger partial charge in [0.1, 0.15) is 5.82 Å². The Morgan fingerprint density at radius 1 is 1.19 bits per heavy atom. The second kappa shape index (κ2) is 8.69. The van der Waals surface area contributed by atoms with E-state index in [1.807, 2.05) is 38.1 Å². The van der Waals surface area contributed by atoms with Crippen LogP contribution in [0.4, 0.5) is 9.18 Å². The summed E-state index contributed by atoms with van der Waals surface area (Å²) in [6.07, 6.45) is 0. The molecule has 0 saturated heterocycles. The van der Waals surface area contributed by atoms with Gasteiger partial charge in [-0.2, -0.15) is 4.98 Å². The first-order valence-corrected chi connectivity index (χ1v) is 9.92. The topological polar surface area (TPSA) is 80.5 Å². The van der Waals surface area contributed by atoms with Crippen LogP contribution in [0.5, 0.6) is 0 Å². The second-order valence-electron chi connectivity index (χ2n) is 7.37. The van der Waals surface area contributed by atoms with Gasteiger partial charge in [0.15, 0.2) is 0 Å². The fourth-order valence-corrected chi connectivity index (χ4v) is 3.60. The van der Waals surface area contributed by atoms with Gasteiger partial charge < -0.3 is 14.6 Å². The van der Waals surface area contributed by atoms with Crippen molar-refractivity contribution in [3.05, 3.63) is 77.1 Å². The summed E-state index contributed by atoms with van der Waals surface area (Å²) in [5.74, 6) is 0.162. The first kappa shape index (κ1) is 20.7. The van der Waals surface area contributed by atoms with E-state index in [1.165, 1.54) is 12.1 Å². The van der Waals surface area contributed by atoms with Gasteiger partial charge in [-0.3, -0.25) is 4.90 Å². The number of methoxy groups -OCH3 is 1. The van der Waals surface area contributed by atoms with E-state index in [0.29, 0.717) is 30.0 Å². The van der Waals surface area contributed by atoms with Gasteiger partial charge >= 0.3 is 6.03 Å². The minimum Gasteiger partial charge on any atom is -0.383 e. The van der Waals surface area contributed by atoms with Crippen LogP contribution < -0.4 is 5.32 Å². The molecule has 3 aromatic rings. The molecular weight excluding hydrogens is 399 g/mol. The number of carbonyl (C=O) groups is 1. The lowest BCUT2D eigenvalue weighted by Gasteiger charge is -2.35. The van der Waals surface area contributed by atoms with Crippen LogP contribution in [0.15, 0.2) is 58.8 Å². The van der Waals surface area contributed by atoms with E-state index in [0.717, 1.165) is 11.1 Å². The third-order valence-electron chi connectivity index (χ3n) is 5.27. The summed E-state index contributed by atoms with van der Waals surface area (Å²) >= 11 is 0. The van der Waals surface area contributed by atoms with Crippen LogP contribution in [0, 0.1) is 12.7 Å². The fraction of sp³-hybridized carbons (Fsp3) is 0.261. The van der Waals surface area contributed by atoms with Crippen LogP contribution in [0.2, 0.25) is 0 Å².